The van der Waals surface area contributed by atoms with Gasteiger partial charge in [0.1, 0.15) is 15.4 Å². The van der Waals surface area contributed by atoms with Crippen molar-refractivity contribution in [1.29, 1.82) is 0 Å². The summed E-state index contributed by atoms with van der Waals surface area (Å²) >= 11 is 14.3. The van der Waals surface area contributed by atoms with Crippen LogP contribution in [-0.4, -0.2) is 46.9 Å². The molecule has 1 fully saturated rings. The van der Waals surface area contributed by atoms with Gasteiger partial charge in [-0.3, -0.25) is 4.79 Å². The molecular formula is C22H17Cl2N3O2S. The quantitative estimate of drug-likeness (QED) is 0.406. The van der Waals surface area contributed by atoms with Gasteiger partial charge in [-0.15, -0.1) is 11.3 Å². The molecule has 0 saturated carbocycles. The van der Waals surface area contributed by atoms with Crippen LogP contribution in [0, 0.1) is 0 Å². The second-order valence-electron chi connectivity index (χ2n) is 6.93. The summed E-state index contributed by atoms with van der Waals surface area (Å²) in [6, 6.07) is 17.3. The number of fused-ring (bicyclic) bond motifs is 1. The third-order valence-electron chi connectivity index (χ3n) is 5.07. The van der Waals surface area contributed by atoms with E-state index in [0.717, 1.165) is 27.2 Å². The molecule has 30 heavy (non-hydrogen) atoms. The maximum absolute atomic E-state index is 13.2. The highest BCUT2D eigenvalue weighted by molar-refractivity contribution is 7.21. The van der Waals surface area contributed by atoms with Crippen molar-refractivity contribution in [3.8, 4) is 16.9 Å². The minimum Gasteiger partial charge on any atom is -0.378 e. The van der Waals surface area contributed by atoms with Gasteiger partial charge in [0.15, 0.2) is 0 Å². The Bertz CT molecular complexity index is 1210. The van der Waals surface area contributed by atoms with E-state index >= 15 is 0 Å². The molecule has 0 spiro atoms. The van der Waals surface area contributed by atoms with Gasteiger partial charge in [0.25, 0.3) is 5.91 Å². The number of rotatable bonds is 3. The molecule has 4 aromatic rings. The van der Waals surface area contributed by atoms with E-state index in [-0.39, 0.29) is 5.91 Å². The predicted octanol–water partition coefficient (Wildman–Crippen LogP) is 5.53. The predicted molar refractivity (Wildman–Crippen MR) is 121 cm³/mol. The third-order valence-corrected chi connectivity index (χ3v) is 6.97. The molecule has 0 bridgehead atoms. The Kier molecular flexibility index (Phi) is 5.25. The number of nitrogens with zero attached hydrogens (tertiary/aromatic N) is 3. The first-order chi connectivity index (χ1) is 14.6. The van der Waals surface area contributed by atoms with E-state index in [4.69, 9.17) is 33.0 Å². The molecule has 0 aliphatic carbocycles. The maximum Gasteiger partial charge on any atom is 0.265 e. The van der Waals surface area contributed by atoms with E-state index in [1.165, 1.54) is 11.3 Å². The van der Waals surface area contributed by atoms with Crippen LogP contribution in [0.15, 0.2) is 54.6 Å². The van der Waals surface area contributed by atoms with Crippen molar-refractivity contribution < 1.29 is 9.53 Å². The number of ether oxygens (including phenoxy) is 1. The van der Waals surface area contributed by atoms with Gasteiger partial charge in [0.2, 0.25) is 0 Å². The van der Waals surface area contributed by atoms with E-state index < -0.39 is 0 Å². The number of hydrogen-bond acceptors (Lipinski definition) is 4. The van der Waals surface area contributed by atoms with Gasteiger partial charge in [0.05, 0.1) is 29.3 Å². The zero-order chi connectivity index (χ0) is 20.7. The normalized spacial score (nSPS) is 14.4. The number of thiophene rings is 1. The molecule has 152 valence electrons. The molecule has 3 heterocycles. The summed E-state index contributed by atoms with van der Waals surface area (Å²) in [7, 11) is 0. The fraction of sp³-hybridized carbons (Fsp3) is 0.182. The molecule has 0 atom stereocenters. The largest absolute Gasteiger partial charge is 0.378 e. The molecule has 5 nitrogen and oxygen atoms in total. The summed E-state index contributed by atoms with van der Waals surface area (Å²) in [5.74, 6) is -0.0637. The van der Waals surface area contributed by atoms with Gasteiger partial charge in [-0.25, -0.2) is 4.68 Å². The molecular weight excluding hydrogens is 441 g/mol. The van der Waals surface area contributed by atoms with Crippen LogP contribution in [0.1, 0.15) is 9.67 Å². The van der Waals surface area contributed by atoms with E-state index in [2.05, 4.69) is 0 Å². The van der Waals surface area contributed by atoms with Crippen molar-refractivity contribution in [2.45, 2.75) is 0 Å². The van der Waals surface area contributed by atoms with Crippen LogP contribution in [0.25, 0.3) is 27.2 Å². The molecule has 1 aliphatic rings. The minimum atomic E-state index is -0.0637. The molecule has 2 aromatic carbocycles. The second kappa shape index (κ2) is 8.04. The number of para-hydroxylation sites is 1. The number of amides is 1. The van der Waals surface area contributed by atoms with Crippen LogP contribution in [0.4, 0.5) is 0 Å². The van der Waals surface area contributed by atoms with E-state index in [1.54, 1.807) is 4.90 Å². The third kappa shape index (κ3) is 3.40. The highest BCUT2D eigenvalue weighted by Gasteiger charge is 2.28. The Morgan fingerprint density at radius 2 is 1.70 bits per heavy atom. The van der Waals surface area contributed by atoms with Crippen LogP contribution >= 0.6 is 34.5 Å². The van der Waals surface area contributed by atoms with E-state index in [1.807, 2.05) is 59.3 Å². The average molecular weight is 458 g/mol. The van der Waals surface area contributed by atoms with Crippen LogP contribution < -0.4 is 0 Å². The lowest BCUT2D eigenvalue weighted by Gasteiger charge is -2.26. The van der Waals surface area contributed by atoms with Crippen LogP contribution in [0.5, 0.6) is 0 Å². The SMILES string of the molecule is O=C(c1sc2c(c(-c3ccc(Cl)cc3)nn2-c2ccccc2)c1Cl)N1CCOCC1. The summed E-state index contributed by atoms with van der Waals surface area (Å²) < 4.78 is 7.23. The van der Waals surface area contributed by atoms with Gasteiger partial charge in [-0.2, -0.15) is 5.10 Å². The summed E-state index contributed by atoms with van der Waals surface area (Å²) in [6.45, 7) is 2.22. The molecule has 0 N–H and O–H groups in total. The van der Waals surface area contributed by atoms with Gasteiger partial charge < -0.3 is 9.64 Å². The first-order valence-electron chi connectivity index (χ1n) is 9.53. The number of carbonyl (C=O) groups is 1. The van der Waals surface area contributed by atoms with Crippen LogP contribution in [-0.2, 0) is 4.74 Å². The highest BCUT2D eigenvalue weighted by atomic mass is 35.5. The Morgan fingerprint density at radius 3 is 2.40 bits per heavy atom. The van der Waals surface area contributed by atoms with Gasteiger partial charge in [0, 0.05) is 23.7 Å². The number of morpholine rings is 1. The first kappa shape index (κ1) is 19.6. The van der Waals surface area contributed by atoms with Gasteiger partial charge >= 0.3 is 0 Å². The molecule has 8 heteroatoms. The number of aromatic nitrogens is 2. The van der Waals surface area contributed by atoms with E-state index in [0.29, 0.717) is 41.2 Å². The summed E-state index contributed by atoms with van der Waals surface area (Å²) in [5.41, 5.74) is 2.53. The highest BCUT2D eigenvalue weighted by Crippen LogP contribution is 2.42. The lowest BCUT2D eigenvalue weighted by Crippen LogP contribution is -2.40. The Labute approximate surface area is 187 Å². The van der Waals surface area contributed by atoms with Crippen LogP contribution in [0.2, 0.25) is 10.0 Å². The first-order valence-corrected chi connectivity index (χ1v) is 11.1. The molecule has 1 amide bonds. The van der Waals surface area contributed by atoms with Gasteiger partial charge in [-0.1, -0.05) is 53.5 Å². The average Bonchev–Trinajstić information content (AvgIpc) is 3.33. The fourth-order valence-electron chi connectivity index (χ4n) is 3.55. The fourth-order valence-corrected chi connectivity index (χ4v) is 5.24. The topological polar surface area (TPSA) is 47.4 Å². The second-order valence-corrected chi connectivity index (χ2v) is 8.75. The molecule has 5 rings (SSSR count). The van der Waals surface area contributed by atoms with Crippen molar-refractivity contribution in [3.05, 3.63) is 69.5 Å². The molecule has 1 saturated heterocycles. The summed E-state index contributed by atoms with van der Waals surface area (Å²) in [5, 5.41) is 6.72. The molecule has 2 aromatic heterocycles. The van der Waals surface area contributed by atoms with E-state index in [9.17, 15) is 4.79 Å². The monoisotopic (exact) mass is 457 g/mol. The molecule has 0 radical (unpaired) electrons. The maximum atomic E-state index is 13.2. The minimum absolute atomic E-state index is 0.0637. The number of hydrogen-bond donors (Lipinski definition) is 0. The summed E-state index contributed by atoms with van der Waals surface area (Å²) in [4.78, 5) is 16.3. The van der Waals surface area contributed by atoms with Crippen LogP contribution in [0.3, 0.4) is 0 Å². The number of halogens is 2. The van der Waals surface area contributed by atoms with Gasteiger partial charge in [-0.05, 0) is 24.3 Å². The zero-order valence-electron chi connectivity index (χ0n) is 15.8. The van der Waals surface area contributed by atoms with Crippen molar-refractivity contribution in [2.24, 2.45) is 0 Å². The smallest absolute Gasteiger partial charge is 0.265 e. The zero-order valence-corrected chi connectivity index (χ0v) is 18.2. The van der Waals surface area contributed by atoms with Crippen molar-refractivity contribution in [1.82, 2.24) is 14.7 Å². The molecule has 1 aliphatic heterocycles. The Morgan fingerprint density at radius 1 is 1.00 bits per heavy atom. The molecule has 0 unspecified atom stereocenters. The lowest BCUT2D eigenvalue weighted by molar-refractivity contribution is 0.0306. The Hall–Kier alpha value is -2.38. The lowest BCUT2D eigenvalue weighted by atomic mass is 10.1. The van der Waals surface area contributed by atoms with Crippen molar-refractivity contribution in [2.75, 3.05) is 26.3 Å². The van der Waals surface area contributed by atoms with Crippen molar-refractivity contribution >= 4 is 50.7 Å². The van der Waals surface area contributed by atoms with Crippen molar-refractivity contribution in [3.63, 3.8) is 0 Å². The standard InChI is InChI=1S/C22H17Cl2N3O2S/c23-15-8-6-14(7-9-15)19-17-18(24)20(21(28)26-10-12-29-13-11-26)30-22(17)27(25-19)16-4-2-1-3-5-16/h1-9H,10-13H2. The number of benzene rings is 2. The summed E-state index contributed by atoms with van der Waals surface area (Å²) in [6.07, 6.45) is 0. The number of carbonyl (C=O) groups excluding carboxylic acids is 1. The Balaban J connectivity index is 1.70.